The third-order valence-corrected chi connectivity index (χ3v) is 3.53. The van der Waals surface area contributed by atoms with Crippen molar-refractivity contribution in [2.45, 2.75) is 19.3 Å². The molecule has 0 radical (unpaired) electrons. The average Bonchev–Trinajstić information content (AvgIpc) is 2.91. The predicted octanol–water partition coefficient (Wildman–Crippen LogP) is 3.54. The number of hydrogen-bond donors (Lipinski definition) is 2. The Morgan fingerprint density at radius 3 is 2.62 bits per heavy atom. The van der Waals surface area contributed by atoms with E-state index in [2.05, 4.69) is 5.32 Å². The molecule has 0 unspecified atom stereocenters. The lowest BCUT2D eigenvalue weighted by Crippen LogP contribution is -2.29. The van der Waals surface area contributed by atoms with Crippen molar-refractivity contribution in [3.05, 3.63) is 52.2 Å². The second-order valence-corrected chi connectivity index (χ2v) is 5.37. The summed E-state index contributed by atoms with van der Waals surface area (Å²) >= 11 is 1.63. The van der Waals surface area contributed by atoms with Crippen molar-refractivity contribution in [3.63, 3.8) is 0 Å². The van der Waals surface area contributed by atoms with E-state index < -0.39 is 12.1 Å². The average molecular weight is 314 g/mol. The predicted molar refractivity (Wildman–Crippen MR) is 76.0 cm³/mol. The molecule has 2 N–H and O–H groups in total. The molecule has 1 heterocycles. The Morgan fingerprint density at radius 1 is 1.14 bits per heavy atom. The van der Waals surface area contributed by atoms with Crippen LogP contribution in [0.2, 0.25) is 0 Å². The van der Waals surface area contributed by atoms with Crippen molar-refractivity contribution < 1.29 is 18.0 Å². The molecule has 7 heteroatoms. The first-order chi connectivity index (χ1) is 9.95. The molecule has 0 aliphatic carbocycles. The number of rotatable bonds is 5. The summed E-state index contributed by atoms with van der Waals surface area (Å²) in [4.78, 5) is 12.0. The van der Waals surface area contributed by atoms with Crippen LogP contribution in [0.4, 0.5) is 18.9 Å². The fraction of sp³-hybridized carbons (Fsp3) is 0.214. The fourth-order valence-corrected chi connectivity index (χ4v) is 2.38. The van der Waals surface area contributed by atoms with Gasteiger partial charge in [0.25, 0.3) is 0 Å². The van der Waals surface area contributed by atoms with Gasteiger partial charge in [-0.1, -0.05) is 18.2 Å². The molecule has 0 spiro atoms. The summed E-state index contributed by atoms with van der Waals surface area (Å²) in [7, 11) is 0. The molecule has 112 valence electrons. The minimum Gasteiger partial charge on any atom is -0.318 e. The smallest absolute Gasteiger partial charge is 0.318 e. The third-order valence-electron chi connectivity index (χ3n) is 2.65. The lowest BCUT2D eigenvalue weighted by molar-refractivity contribution is -0.167. The fourth-order valence-electron chi connectivity index (χ4n) is 1.70. The standard InChI is InChI=1S/C14H13F3N2OS/c15-14(16,17)13(20)19-11-4-1-3-10(7-11)8-18-9-12-5-2-6-21-12/h1-7,18H,8-9H2,(H,19,20). The van der Waals surface area contributed by atoms with Crippen LogP contribution in [-0.4, -0.2) is 12.1 Å². The molecular weight excluding hydrogens is 301 g/mol. The van der Waals surface area contributed by atoms with Gasteiger partial charge in [0.15, 0.2) is 0 Å². The quantitative estimate of drug-likeness (QED) is 0.886. The second kappa shape index (κ2) is 6.73. The van der Waals surface area contributed by atoms with Crippen LogP contribution in [-0.2, 0) is 17.9 Å². The van der Waals surface area contributed by atoms with Gasteiger partial charge in [-0.25, -0.2) is 0 Å². The highest BCUT2D eigenvalue weighted by Crippen LogP contribution is 2.19. The molecule has 0 saturated carbocycles. The highest BCUT2D eigenvalue weighted by atomic mass is 32.1. The Balaban J connectivity index is 1.90. The van der Waals surface area contributed by atoms with Gasteiger partial charge in [-0.3, -0.25) is 4.79 Å². The maximum Gasteiger partial charge on any atom is 0.471 e. The van der Waals surface area contributed by atoms with Gasteiger partial charge in [-0.05, 0) is 29.1 Å². The summed E-state index contributed by atoms with van der Waals surface area (Å²) in [6, 6.07) is 10.3. The zero-order chi connectivity index (χ0) is 15.3. The first-order valence-electron chi connectivity index (χ1n) is 6.15. The molecule has 2 aromatic rings. The van der Waals surface area contributed by atoms with E-state index in [1.165, 1.54) is 17.0 Å². The van der Waals surface area contributed by atoms with Gasteiger partial charge in [0.1, 0.15) is 0 Å². The minimum absolute atomic E-state index is 0.132. The molecule has 0 atom stereocenters. The SMILES string of the molecule is O=C(Nc1cccc(CNCc2cccs2)c1)C(F)(F)F. The van der Waals surface area contributed by atoms with Gasteiger partial charge >= 0.3 is 12.1 Å². The number of nitrogens with one attached hydrogen (secondary N) is 2. The lowest BCUT2D eigenvalue weighted by atomic mass is 10.2. The molecule has 1 aromatic carbocycles. The molecule has 0 aliphatic rings. The van der Waals surface area contributed by atoms with E-state index in [-0.39, 0.29) is 5.69 Å². The van der Waals surface area contributed by atoms with Crippen molar-refractivity contribution in [2.75, 3.05) is 5.32 Å². The summed E-state index contributed by atoms with van der Waals surface area (Å²) in [5.41, 5.74) is 0.930. The number of halogens is 3. The summed E-state index contributed by atoms with van der Waals surface area (Å²) in [6.07, 6.45) is -4.88. The van der Waals surface area contributed by atoms with Gasteiger partial charge < -0.3 is 10.6 Å². The van der Waals surface area contributed by atoms with Crippen LogP contribution >= 0.6 is 11.3 Å². The molecule has 1 amide bonds. The number of benzene rings is 1. The molecule has 0 aliphatic heterocycles. The molecular formula is C14H13F3N2OS. The van der Waals surface area contributed by atoms with Crippen LogP contribution in [0.3, 0.4) is 0 Å². The molecule has 2 rings (SSSR count). The number of amides is 1. The summed E-state index contributed by atoms with van der Waals surface area (Å²) in [5.74, 6) is -1.97. The number of thiophene rings is 1. The van der Waals surface area contributed by atoms with Crippen LogP contribution in [0, 0.1) is 0 Å². The Kier molecular flexibility index (Phi) is 4.98. The monoisotopic (exact) mass is 314 g/mol. The zero-order valence-electron chi connectivity index (χ0n) is 10.9. The van der Waals surface area contributed by atoms with Crippen LogP contribution in [0.25, 0.3) is 0 Å². The summed E-state index contributed by atoms with van der Waals surface area (Å²) < 4.78 is 36.5. The molecule has 0 saturated heterocycles. The number of hydrogen-bond acceptors (Lipinski definition) is 3. The van der Waals surface area contributed by atoms with Crippen molar-refractivity contribution >= 4 is 22.9 Å². The molecule has 21 heavy (non-hydrogen) atoms. The van der Waals surface area contributed by atoms with Crippen LogP contribution in [0.5, 0.6) is 0 Å². The van der Waals surface area contributed by atoms with Crippen LogP contribution in [0.1, 0.15) is 10.4 Å². The van der Waals surface area contributed by atoms with Crippen molar-refractivity contribution in [3.8, 4) is 0 Å². The van der Waals surface area contributed by atoms with Crippen molar-refractivity contribution in [2.24, 2.45) is 0 Å². The highest BCUT2D eigenvalue weighted by molar-refractivity contribution is 7.09. The highest BCUT2D eigenvalue weighted by Gasteiger charge is 2.38. The third kappa shape index (κ3) is 4.87. The van der Waals surface area contributed by atoms with E-state index >= 15 is 0 Å². The second-order valence-electron chi connectivity index (χ2n) is 4.34. The van der Waals surface area contributed by atoms with Gasteiger partial charge in [0.05, 0.1) is 0 Å². The summed E-state index contributed by atoms with van der Waals surface area (Å²) in [5, 5.41) is 7.00. The Morgan fingerprint density at radius 2 is 1.95 bits per heavy atom. The first kappa shape index (κ1) is 15.5. The Hall–Kier alpha value is -1.86. The van der Waals surface area contributed by atoms with E-state index in [0.717, 1.165) is 5.56 Å². The van der Waals surface area contributed by atoms with Crippen LogP contribution in [0.15, 0.2) is 41.8 Å². The molecule has 0 bridgehead atoms. The van der Waals surface area contributed by atoms with Crippen molar-refractivity contribution in [1.29, 1.82) is 0 Å². The number of carbonyl (C=O) groups is 1. The minimum atomic E-state index is -4.88. The largest absolute Gasteiger partial charge is 0.471 e. The zero-order valence-corrected chi connectivity index (χ0v) is 11.7. The normalized spacial score (nSPS) is 11.4. The molecule has 0 fully saturated rings. The van der Waals surface area contributed by atoms with Gasteiger partial charge in [0, 0.05) is 23.7 Å². The van der Waals surface area contributed by atoms with Gasteiger partial charge in [-0.15, -0.1) is 11.3 Å². The van der Waals surface area contributed by atoms with E-state index in [4.69, 9.17) is 0 Å². The van der Waals surface area contributed by atoms with Crippen molar-refractivity contribution in [1.82, 2.24) is 5.32 Å². The van der Waals surface area contributed by atoms with Gasteiger partial charge in [-0.2, -0.15) is 13.2 Å². The lowest BCUT2D eigenvalue weighted by Gasteiger charge is -2.09. The Bertz CT molecular complexity index is 597. The maximum atomic E-state index is 12.2. The molecule has 1 aromatic heterocycles. The maximum absolute atomic E-state index is 12.2. The first-order valence-corrected chi connectivity index (χ1v) is 7.03. The number of alkyl halides is 3. The van der Waals surface area contributed by atoms with Gasteiger partial charge in [0.2, 0.25) is 0 Å². The summed E-state index contributed by atoms with van der Waals surface area (Å²) in [6.45, 7) is 1.20. The van der Waals surface area contributed by atoms with Crippen LogP contribution < -0.4 is 10.6 Å². The van der Waals surface area contributed by atoms with E-state index in [1.54, 1.807) is 23.5 Å². The van der Waals surface area contributed by atoms with E-state index in [0.29, 0.717) is 13.1 Å². The van der Waals surface area contributed by atoms with E-state index in [1.807, 2.05) is 22.8 Å². The number of carbonyl (C=O) groups excluding carboxylic acids is 1. The Labute approximate surface area is 123 Å². The number of anilines is 1. The van der Waals surface area contributed by atoms with E-state index in [9.17, 15) is 18.0 Å². The topological polar surface area (TPSA) is 41.1 Å². The molecule has 3 nitrogen and oxygen atoms in total.